The Morgan fingerprint density at radius 3 is 2.40 bits per heavy atom. The summed E-state index contributed by atoms with van der Waals surface area (Å²) in [7, 11) is 0. The summed E-state index contributed by atoms with van der Waals surface area (Å²) in [5, 5.41) is 22.8. The van der Waals surface area contributed by atoms with Crippen LogP contribution in [0.15, 0.2) is 66.7 Å². The molecule has 0 aliphatic heterocycles. The average Bonchev–Trinajstić information content (AvgIpc) is 2.88. The van der Waals surface area contributed by atoms with Crippen LogP contribution in [0, 0.1) is 14.9 Å². The van der Waals surface area contributed by atoms with Crippen LogP contribution in [0.25, 0.3) is 0 Å². The van der Waals surface area contributed by atoms with Crippen molar-refractivity contribution in [3.05, 3.63) is 92.6 Å². The summed E-state index contributed by atoms with van der Waals surface area (Å²) in [6.45, 7) is 5.01. The number of carboxylic acids is 1. The van der Waals surface area contributed by atoms with E-state index in [0.29, 0.717) is 48.8 Å². The zero-order valence-electron chi connectivity index (χ0n) is 19.9. The average molecular weight is 584 g/mol. The topological polar surface area (TPSA) is 91.6 Å². The van der Waals surface area contributed by atoms with Gasteiger partial charge in [-0.1, -0.05) is 44.2 Å². The monoisotopic (exact) mass is 584 g/mol. The van der Waals surface area contributed by atoms with Gasteiger partial charge in [0.2, 0.25) is 0 Å². The Balaban J connectivity index is 1.89. The van der Waals surface area contributed by atoms with Crippen LogP contribution >= 0.6 is 22.6 Å². The first-order valence-electron chi connectivity index (χ1n) is 11.5. The van der Waals surface area contributed by atoms with E-state index >= 15 is 0 Å². The molecule has 2 N–H and O–H groups in total. The number of nitrogens with zero attached hydrogens (tertiary/aromatic N) is 1. The van der Waals surface area contributed by atoms with Gasteiger partial charge in [-0.3, -0.25) is 0 Å². The van der Waals surface area contributed by atoms with E-state index in [9.17, 15) is 9.90 Å². The molecule has 0 aliphatic carbocycles. The van der Waals surface area contributed by atoms with Crippen LogP contribution < -0.4 is 10.1 Å². The molecule has 0 saturated carbocycles. The summed E-state index contributed by atoms with van der Waals surface area (Å²) in [5.74, 6) is -0.430. The van der Waals surface area contributed by atoms with Crippen LogP contribution in [0.5, 0.6) is 5.75 Å². The van der Waals surface area contributed by atoms with Crippen molar-refractivity contribution in [2.24, 2.45) is 0 Å². The lowest BCUT2D eigenvalue weighted by Gasteiger charge is -2.33. The van der Waals surface area contributed by atoms with Crippen LogP contribution in [0.2, 0.25) is 0 Å². The van der Waals surface area contributed by atoms with Crippen molar-refractivity contribution in [1.29, 1.82) is 5.26 Å². The molecule has 0 bridgehead atoms. The lowest BCUT2D eigenvalue weighted by molar-refractivity contribution is -0.142. The zero-order chi connectivity index (χ0) is 25.3. The Hall–Kier alpha value is -3.09. The van der Waals surface area contributed by atoms with E-state index in [0.717, 1.165) is 14.7 Å². The van der Waals surface area contributed by atoms with Gasteiger partial charge >= 0.3 is 5.97 Å². The molecule has 0 spiro atoms. The van der Waals surface area contributed by atoms with Gasteiger partial charge in [0.25, 0.3) is 0 Å². The van der Waals surface area contributed by atoms with Gasteiger partial charge in [0.1, 0.15) is 12.4 Å². The number of hydrogen-bond donors (Lipinski definition) is 2. The molecule has 0 radical (unpaired) electrons. The number of carboxylic acid groups (broad SMARTS) is 1. The molecule has 0 aromatic heterocycles. The first-order valence-corrected chi connectivity index (χ1v) is 12.6. The van der Waals surface area contributed by atoms with E-state index in [-0.39, 0.29) is 6.42 Å². The van der Waals surface area contributed by atoms with Crippen molar-refractivity contribution in [3.8, 4) is 11.8 Å². The number of aryl methyl sites for hydroxylation is 1. The first kappa shape index (κ1) is 26.5. The fourth-order valence-electron chi connectivity index (χ4n) is 3.91. The molecule has 35 heavy (non-hydrogen) atoms. The van der Waals surface area contributed by atoms with E-state index in [4.69, 9.17) is 14.7 Å². The van der Waals surface area contributed by atoms with Crippen LogP contribution in [-0.4, -0.2) is 24.3 Å². The Labute approximate surface area is 220 Å². The maximum Gasteiger partial charge on any atom is 0.334 e. The second-order valence-electron chi connectivity index (χ2n) is 8.06. The van der Waals surface area contributed by atoms with Crippen LogP contribution in [0.3, 0.4) is 0 Å². The molecule has 1 unspecified atom stereocenters. The zero-order valence-corrected chi connectivity index (χ0v) is 22.0. The smallest absolute Gasteiger partial charge is 0.334 e. The molecule has 0 aliphatic rings. The molecule has 0 saturated heterocycles. The van der Waals surface area contributed by atoms with Crippen LogP contribution in [0.4, 0.5) is 5.69 Å². The van der Waals surface area contributed by atoms with E-state index in [2.05, 4.69) is 34.0 Å². The van der Waals surface area contributed by atoms with Crippen molar-refractivity contribution in [3.63, 3.8) is 0 Å². The van der Waals surface area contributed by atoms with Gasteiger partial charge in [0.15, 0.2) is 5.54 Å². The fourth-order valence-corrected chi connectivity index (χ4v) is 4.59. The standard InChI is InChI=1S/C28H29IN2O4/c1-3-22-16-23(29)17-25(26(22)35-15-14-34-19-21-8-6-5-7-9-21)28(4-2,27(32)33)31-24-12-10-20(18-30)11-13-24/h5-13,16-17,31H,3-4,14-15,19H2,1-2H3,(H,32,33). The third kappa shape index (κ3) is 6.53. The maximum absolute atomic E-state index is 12.8. The van der Waals surface area contributed by atoms with Gasteiger partial charge in [-0.15, -0.1) is 0 Å². The molecule has 7 heteroatoms. The van der Waals surface area contributed by atoms with Gasteiger partial charge < -0.3 is 19.9 Å². The molecular weight excluding hydrogens is 555 g/mol. The molecule has 0 heterocycles. The Morgan fingerprint density at radius 1 is 1.09 bits per heavy atom. The van der Waals surface area contributed by atoms with Crippen molar-refractivity contribution in [1.82, 2.24) is 0 Å². The number of anilines is 1. The number of carbonyl (C=O) groups is 1. The molecule has 3 rings (SSSR count). The third-order valence-electron chi connectivity index (χ3n) is 5.82. The predicted molar refractivity (Wildman–Crippen MR) is 145 cm³/mol. The molecule has 0 amide bonds. The number of benzene rings is 3. The highest BCUT2D eigenvalue weighted by Gasteiger charge is 2.42. The molecule has 3 aromatic carbocycles. The molecule has 3 aromatic rings. The van der Waals surface area contributed by atoms with E-state index < -0.39 is 11.5 Å². The molecule has 1 atom stereocenters. The number of nitrogens with one attached hydrogen (secondary N) is 1. The minimum Gasteiger partial charge on any atom is -0.491 e. The lowest BCUT2D eigenvalue weighted by Crippen LogP contribution is -2.43. The number of rotatable bonds is 12. The summed E-state index contributed by atoms with van der Waals surface area (Å²) in [6.07, 6.45) is 0.979. The Morgan fingerprint density at radius 2 is 1.80 bits per heavy atom. The van der Waals surface area contributed by atoms with Gasteiger partial charge in [-0.25, -0.2) is 4.79 Å². The van der Waals surface area contributed by atoms with Gasteiger partial charge in [-0.05, 0) is 83.0 Å². The number of nitriles is 1. The summed E-state index contributed by atoms with van der Waals surface area (Å²) in [6, 6.07) is 22.7. The van der Waals surface area contributed by atoms with Crippen molar-refractivity contribution in [2.45, 2.75) is 38.8 Å². The molecular formula is C28H29IN2O4. The van der Waals surface area contributed by atoms with E-state index in [1.807, 2.05) is 56.3 Å². The van der Waals surface area contributed by atoms with Gasteiger partial charge in [-0.2, -0.15) is 5.26 Å². The Bertz CT molecular complexity index is 1180. The first-order chi connectivity index (χ1) is 16.9. The van der Waals surface area contributed by atoms with Gasteiger partial charge in [0, 0.05) is 14.8 Å². The second kappa shape index (κ2) is 12.6. The number of aliphatic carboxylic acids is 1. The SMILES string of the molecule is CCc1cc(I)cc(C(CC)(Nc2ccc(C#N)cc2)C(=O)O)c1OCCOCc1ccccc1. The largest absolute Gasteiger partial charge is 0.491 e. The Kier molecular flexibility index (Phi) is 9.52. The highest BCUT2D eigenvalue weighted by molar-refractivity contribution is 14.1. The van der Waals surface area contributed by atoms with Crippen LogP contribution in [-0.2, 0) is 28.1 Å². The summed E-state index contributed by atoms with van der Waals surface area (Å²) < 4.78 is 12.9. The predicted octanol–water partition coefficient (Wildman–Crippen LogP) is 6.12. The van der Waals surface area contributed by atoms with E-state index in [1.54, 1.807) is 24.3 Å². The normalized spacial score (nSPS) is 12.4. The summed E-state index contributed by atoms with van der Waals surface area (Å²) >= 11 is 2.21. The van der Waals surface area contributed by atoms with Crippen LogP contribution in [0.1, 0.15) is 42.5 Å². The minimum absolute atomic E-state index is 0.284. The fraction of sp³-hybridized carbons (Fsp3) is 0.286. The summed E-state index contributed by atoms with van der Waals surface area (Å²) in [5.41, 5.74) is 2.30. The molecule has 182 valence electrons. The highest BCUT2D eigenvalue weighted by atomic mass is 127. The number of halogens is 1. The molecule has 6 nitrogen and oxygen atoms in total. The van der Waals surface area contributed by atoms with E-state index in [1.165, 1.54) is 0 Å². The van der Waals surface area contributed by atoms with Gasteiger partial charge in [0.05, 0.1) is 24.8 Å². The number of hydrogen-bond acceptors (Lipinski definition) is 5. The maximum atomic E-state index is 12.8. The van der Waals surface area contributed by atoms with Crippen molar-refractivity contribution >= 4 is 34.2 Å². The van der Waals surface area contributed by atoms with Crippen molar-refractivity contribution < 1.29 is 19.4 Å². The minimum atomic E-state index is -1.42. The second-order valence-corrected chi connectivity index (χ2v) is 9.31. The van der Waals surface area contributed by atoms with Crippen molar-refractivity contribution in [2.75, 3.05) is 18.5 Å². The number of ether oxygens (including phenoxy) is 2. The third-order valence-corrected chi connectivity index (χ3v) is 6.45. The lowest BCUT2D eigenvalue weighted by atomic mass is 9.84. The summed E-state index contributed by atoms with van der Waals surface area (Å²) in [4.78, 5) is 12.8. The molecule has 0 fully saturated rings. The highest BCUT2D eigenvalue weighted by Crippen LogP contribution is 2.40. The quantitative estimate of drug-likeness (QED) is 0.197.